The molecule has 0 radical (unpaired) electrons. The second-order valence-electron chi connectivity index (χ2n) is 2.61. The van der Waals surface area contributed by atoms with Crippen molar-refractivity contribution in [1.82, 2.24) is 5.32 Å². The van der Waals surface area contributed by atoms with E-state index < -0.39 is 5.97 Å². The molecule has 4 nitrogen and oxygen atoms in total. The van der Waals surface area contributed by atoms with Gasteiger partial charge in [-0.25, -0.2) is 0 Å². The molecule has 0 unspecified atom stereocenters. The second-order valence-corrected chi connectivity index (χ2v) is 3.64. The predicted molar refractivity (Wildman–Crippen MR) is 52.8 cm³/mol. The van der Waals surface area contributed by atoms with E-state index in [9.17, 15) is 9.59 Å². The zero-order valence-corrected chi connectivity index (χ0v) is 8.60. The molecule has 1 rings (SSSR count). The van der Waals surface area contributed by atoms with Crippen LogP contribution in [0.25, 0.3) is 0 Å². The maximum Gasteiger partial charge on any atom is 0.315 e. The summed E-state index contributed by atoms with van der Waals surface area (Å²) >= 11 is 1.56. The lowest BCUT2D eigenvalue weighted by molar-refractivity contribution is -0.143. The van der Waals surface area contributed by atoms with Crippen LogP contribution in [0.2, 0.25) is 0 Å². The van der Waals surface area contributed by atoms with Gasteiger partial charge in [-0.2, -0.15) is 0 Å². The Bertz CT molecular complexity index is 308. The lowest BCUT2D eigenvalue weighted by Crippen LogP contribution is -2.25. The molecule has 0 aliphatic heterocycles. The SMILES string of the molecule is COC(=O)CC(=O)NCc1cccs1. The molecule has 5 heteroatoms. The van der Waals surface area contributed by atoms with Crippen molar-refractivity contribution in [3.8, 4) is 0 Å². The summed E-state index contributed by atoms with van der Waals surface area (Å²) in [6.07, 6.45) is -0.220. The van der Waals surface area contributed by atoms with E-state index in [-0.39, 0.29) is 12.3 Å². The van der Waals surface area contributed by atoms with E-state index in [0.717, 1.165) is 4.88 Å². The molecule has 14 heavy (non-hydrogen) atoms. The van der Waals surface area contributed by atoms with Gasteiger partial charge < -0.3 is 10.1 Å². The van der Waals surface area contributed by atoms with Crippen LogP contribution in [0.1, 0.15) is 11.3 Å². The molecule has 0 aromatic carbocycles. The summed E-state index contributed by atoms with van der Waals surface area (Å²) in [5.74, 6) is -0.834. The van der Waals surface area contributed by atoms with Crippen molar-refractivity contribution in [3.63, 3.8) is 0 Å². The van der Waals surface area contributed by atoms with E-state index >= 15 is 0 Å². The first-order valence-electron chi connectivity index (χ1n) is 4.08. The van der Waals surface area contributed by atoms with Crippen molar-refractivity contribution in [2.24, 2.45) is 0 Å². The molecule has 0 fully saturated rings. The lowest BCUT2D eigenvalue weighted by Gasteiger charge is -2.01. The molecule has 0 aliphatic carbocycles. The number of hydrogen-bond donors (Lipinski definition) is 1. The fraction of sp³-hybridized carbons (Fsp3) is 0.333. The van der Waals surface area contributed by atoms with E-state index in [1.807, 2.05) is 17.5 Å². The Kier molecular flexibility index (Phi) is 4.12. The van der Waals surface area contributed by atoms with Crippen LogP contribution >= 0.6 is 11.3 Å². The molecule has 1 heterocycles. The van der Waals surface area contributed by atoms with E-state index in [4.69, 9.17) is 0 Å². The quantitative estimate of drug-likeness (QED) is 0.598. The van der Waals surface area contributed by atoms with Crippen LogP contribution in [0.5, 0.6) is 0 Å². The summed E-state index contributed by atoms with van der Waals surface area (Å²) in [5, 5.41) is 4.55. The first kappa shape index (κ1) is 10.7. The molecule has 1 aromatic heterocycles. The van der Waals surface area contributed by atoms with Gasteiger partial charge in [-0.1, -0.05) is 6.07 Å². The monoisotopic (exact) mass is 213 g/mol. The van der Waals surface area contributed by atoms with Crippen LogP contribution in [-0.4, -0.2) is 19.0 Å². The average Bonchev–Trinajstić information content (AvgIpc) is 2.67. The Labute approximate surface area is 85.9 Å². The van der Waals surface area contributed by atoms with Crippen molar-refractivity contribution in [1.29, 1.82) is 0 Å². The van der Waals surface area contributed by atoms with Crippen molar-refractivity contribution in [2.75, 3.05) is 7.11 Å². The molecule has 1 amide bonds. The number of rotatable bonds is 4. The number of hydrogen-bond acceptors (Lipinski definition) is 4. The number of carbonyl (C=O) groups excluding carboxylic acids is 2. The Morgan fingerprint density at radius 3 is 2.93 bits per heavy atom. The van der Waals surface area contributed by atoms with Gasteiger partial charge in [0.05, 0.1) is 13.7 Å². The number of thiophene rings is 1. The van der Waals surface area contributed by atoms with E-state index in [1.54, 1.807) is 11.3 Å². The third-order valence-electron chi connectivity index (χ3n) is 1.57. The van der Waals surface area contributed by atoms with Crippen LogP contribution in [0.3, 0.4) is 0 Å². The Morgan fingerprint density at radius 1 is 1.57 bits per heavy atom. The van der Waals surface area contributed by atoms with Crippen molar-refractivity contribution >= 4 is 23.2 Å². The van der Waals surface area contributed by atoms with Gasteiger partial charge in [0, 0.05) is 4.88 Å². The zero-order valence-electron chi connectivity index (χ0n) is 7.78. The molecular formula is C9H11NO3S. The van der Waals surface area contributed by atoms with Crippen LogP contribution < -0.4 is 5.32 Å². The van der Waals surface area contributed by atoms with Crippen molar-refractivity contribution < 1.29 is 14.3 Å². The normalized spacial score (nSPS) is 9.50. The highest BCUT2D eigenvalue weighted by molar-refractivity contribution is 7.09. The molecule has 76 valence electrons. The number of esters is 1. The van der Waals surface area contributed by atoms with Gasteiger partial charge in [0.25, 0.3) is 0 Å². The van der Waals surface area contributed by atoms with Gasteiger partial charge in [0.15, 0.2) is 0 Å². The van der Waals surface area contributed by atoms with Gasteiger partial charge in [0.1, 0.15) is 6.42 Å². The number of amides is 1. The smallest absolute Gasteiger partial charge is 0.315 e. The summed E-state index contributed by atoms with van der Waals surface area (Å²) in [5.41, 5.74) is 0. The van der Waals surface area contributed by atoms with E-state index in [0.29, 0.717) is 6.54 Å². The number of ether oxygens (including phenoxy) is 1. The Balaban J connectivity index is 2.25. The molecule has 1 aromatic rings. The molecule has 0 saturated heterocycles. The molecule has 0 bridgehead atoms. The molecule has 0 aliphatic rings. The van der Waals surface area contributed by atoms with Crippen LogP contribution in [0.4, 0.5) is 0 Å². The number of carbonyl (C=O) groups is 2. The fourth-order valence-electron chi connectivity index (χ4n) is 0.865. The third kappa shape index (κ3) is 3.57. The molecule has 0 atom stereocenters. The molecule has 1 N–H and O–H groups in total. The summed E-state index contributed by atoms with van der Waals surface area (Å²) in [6.45, 7) is 0.466. The predicted octanol–water partition coefficient (Wildman–Crippen LogP) is 0.927. The van der Waals surface area contributed by atoms with Crippen LogP contribution in [0.15, 0.2) is 17.5 Å². The van der Waals surface area contributed by atoms with Crippen molar-refractivity contribution in [2.45, 2.75) is 13.0 Å². The molecule has 0 spiro atoms. The minimum Gasteiger partial charge on any atom is -0.469 e. The fourth-order valence-corrected chi connectivity index (χ4v) is 1.51. The minimum absolute atomic E-state index is 0.220. The lowest BCUT2D eigenvalue weighted by atomic mass is 10.4. The summed E-state index contributed by atoms with van der Waals surface area (Å²) < 4.78 is 4.36. The zero-order chi connectivity index (χ0) is 10.4. The highest BCUT2D eigenvalue weighted by Crippen LogP contribution is 2.07. The number of methoxy groups -OCH3 is 1. The maximum absolute atomic E-state index is 11.1. The Morgan fingerprint density at radius 2 is 2.36 bits per heavy atom. The van der Waals surface area contributed by atoms with E-state index in [1.165, 1.54) is 7.11 Å². The summed E-state index contributed by atoms with van der Waals surface area (Å²) in [4.78, 5) is 22.9. The third-order valence-corrected chi connectivity index (χ3v) is 2.45. The van der Waals surface area contributed by atoms with Crippen LogP contribution in [0, 0.1) is 0 Å². The van der Waals surface area contributed by atoms with Gasteiger partial charge in [0.2, 0.25) is 5.91 Å². The minimum atomic E-state index is -0.520. The highest BCUT2D eigenvalue weighted by Gasteiger charge is 2.08. The Hall–Kier alpha value is -1.36. The van der Waals surface area contributed by atoms with Gasteiger partial charge in [-0.3, -0.25) is 9.59 Å². The number of nitrogens with one attached hydrogen (secondary N) is 1. The first-order valence-corrected chi connectivity index (χ1v) is 4.96. The summed E-state index contributed by atoms with van der Waals surface area (Å²) in [6, 6.07) is 3.83. The topological polar surface area (TPSA) is 55.4 Å². The molecule has 0 saturated carbocycles. The summed E-state index contributed by atoms with van der Waals surface area (Å²) in [7, 11) is 1.26. The van der Waals surface area contributed by atoms with Gasteiger partial charge in [-0.15, -0.1) is 11.3 Å². The second kappa shape index (κ2) is 5.39. The maximum atomic E-state index is 11.1. The highest BCUT2D eigenvalue weighted by atomic mass is 32.1. The average molecular weight is 213 g/mol. The largest absolute Gasteiger partial charge is 0.469 e. The first-order chi connectivity index (χ1) is 6.72. The molecular weight excluding hydrogens is 202 g/mol. The van der Waals surface area contributed by atoms with Gasteiger partial charge in [-0.05, 0) is 11.4 Å². The van der Waals surface area contributed by atoms with Gasteiger partial charge >= 0.3 is 5.97 Å². The standard InChI is InChI=1S/C9H11NO3S/c1-13-9(12)5-8(11)10-6-7-3-2-4-14-7/h2-4H,5-6H2,1H3,(H,10,11). The van der Waals surface area contributed by atoms with Crippen molar-refractivity contribution in [3.05, 3.63) is 22.4 Å². The van der Waals surface area contributed by atoms with Crippen LogP contribution in [-0.2, 0) is 20.9 Å². The van der Waals surface area contributed by atoms with E-state index in [2.05, 4.69) is 10.1 Å².